The highest BCUT2D eigenvalue weighted by Crippen LogP contribution is 2.11. The smallest absolute Gasteiger partial charge is 0.224 e. The van der Waals surface area contributed by atoms with Gasteiger partial charge >= 0.3 is 0 Å². The number of nitrogens with one attached hydrogen (secondary N) is 1. The second-order valence-electron chi connectivity index (χ2n) is 3.43. The van der Waals surface area contributed by atoms with Crippen LogP contribution < -0.4 is 5.32 Å². The Hall–Kier alpha value is -1.35. The van der Waals surface area contributed by atoms with Crippen molar-refractivity contribution in [2.24, 2.45) is 0 Å². The summed E-state index contributed by atoms with van der Waals surface area (Å²) in [4.78, 5) is 11.3. The van der Waals surface area contributed by atoms with Crippen LogP contribution in [0.15, 0.2) is 24.3 Å². The molecule has 0 atom stereocenters. The van der Waals surface area contributed by atoms with E-state index < -0.39 is 0 Å². The van der Waals surface area contributed by atoms with Gasteiger partial charge in [-0.2, -0.15) is 0 Å². The Balaban J connectivity index is 2.52. The fourth-order valence-electron chi connectivity index (χ4n) is 1.33. The normalized spacial score (nSPS) is 10.0. The van der Waals surface area contributed by atoms with Gasteiger partial charge in [0.15, 0.2) is 0 Å². The molecule has 15 heavy (non-hydrogen) atoms. The summed E-state index contributed by atoms with van der Waals surface area (Å²) >= 11 is 0. The standard InChI is InChI=1S/C12H17NO2/c1-2-10-5-3-6-11(9-10)13-12(15)7-4-8-14/h3,5-6,9,14H,2,4,7-8H2,1H3,(H,13,15). The van der Waals surface area contributed by atoms with Crippen molar-refractivity contribution < 1.29 is 9.90 Å². The number of rotatable bonds is 5. The van der Waals surface area contributed by atoms with E-state index in [4.69, 9.17) is 5.11 Å². The average Bonchev–Trinajstić information content (AvgIpc) is 2.26. The Morgan fingerprint density at radius 2 is 2.27 bits per heavy atom. The minimum absolute atomic E-state index is 0.0442. The second kappa shape index (κ2) is 6.19. The van der Waals surface area contributed by atoms with Crippen LogP contribution in [-0.4, -0.2) is 17.6 Å². The van der Waals surface area contributed by atoms with E-state index >= 15 is 0 Å². The van der Waals surface area contributed by atoms with Crippen LogP contribution in [0.25, 0.3) is 0 Å². The van der Waals surface area contributed by atoms with Crippen molar-refractivity contribution in [2.75, 3.05) is 11.9 Å². The van der Waals surface area contributed by atoms with Crippen LogP contribution in [0.1, 0.15) is 25.3 Å². The van der Waals surface area contributed by atoms with Crippen LogP contribution in [0, 0.1) is 0 Å². The highest BCUT2D eigenvalue weighted by molar-refractivity contribution is 5.90. The number of anilines is 1. The Kier molecular flexibility index (Phi) is 4.84. The van der Waals surface area contributed by atoms with Crippen molar-refractivity contribution in [1.29, 1.82) is 0 Å². The van der Waals surface area contributed by atoms with Crippen molar-refractivity contribution in [3.05, 3.63) is 29.8 Å². The van der Waals surface area contributed by atoms with E-state index in [1.807, 2.05) is 24.3 Å². The number of aliphatic hydroxyl groups excluding tert-OH is 1. The van der Waals surface area contributed by atoms with E-state index in [0.717, 1.165) is 12.1 Å². The number of aliphatic hydroxyl groups is 1. The molecule has 82 valence electrons. The van der Waals surface area contributed by atoms with Crippen LogP contribution in [0.4, 0.5) is 5.69 Å². The number of amides is 1. The molecule has 0 spiro atoms. The van der Waals surface area contributed by atoms with E-state index in [1.165, 1.54) is 5.56 Å². The fraction of sp³-hybridized carbons (Fsp3) is 0.417. The third-order valence-corrected chi connectivity index (χ3v) is 2.18. The average molecular weight is 207 g/mol. The number of benzene rings is 1. The van der Waals surface area contributed by atoms with Crippen LogP contribution in [0.5, 0.6) is 0 Å². The minimum Gasteiger partial charge on any atom is -0.396 e. The zero-order chi connectivity index (χ0) is 11.1. The molecule has 0 unspecified atom stereocenters. The van der Waals surface area contributed by atoms with Crippen molar-refractivity contribution in [3.8, 4) is 0 Å². The van der Waals surface area contributed by atoms with Gasteiger partial charge in [0.05, 0.1) is 0 Å². The van der Waals surface area contributed by atoms with Gasteiger partial charge in [0.1, 0.15) is 0 Å². The molecule has 0 saturated carbocycles. The molecule has 0 fully saturated rings. The van der Waals surface area contributed by atoms with Crippen molar-refractivity contribution >= 4 is 11.6 Å². The number of hydrogen-bond donors (Lipinski definition) is 2. The zero-order valence-corrected chi connectivity index (χ0v) is 8.99. The lowest BCUT2D eigenvalue weighted by molar-refractivity contribution is -0.116. The molecule has 0 radical (unpaired) electrons. The van der Waals surface area contributed by atoms with E-state index in [9.17, 15) is 4.79 Å². The predicted molar refractivity (Wildman–Crippen MR) is 60.8 cm³/mol. The van der Waals surface area contributed by atoms with Gasteiger partial charge in [0, 0.05) is 18.7 Å². The summed E-state index contributed by atoms with van der Waals surface area (Å²) in [6.07, 6.45) is 1.84. The van der Waals surface area contributed by atoms with E-state index in [1.54, 1.807) is 0 Å². The maximum absolute atomic E-state index is 11.3. The molecule has 0 aliphatic carbocycles. The highest BCUT2D eigenvalue weighted by Gasteiger charge is 2.01. The monoisotopic (exact) mass is 207 g/mol. The van der Waals surface area contributed by atoms with Gasteiger partial charge in [-0.1, -0.05) is 19.1 Å². The Bertz CT molecular complexity index is 323. The first-order valence-electron chi connectivity index (χ1n) is 5.26. The van der Waals surface area contributed by atoms with Crippen LogP contribution >= 0.6 is 0 Å². The summed E-state index contributed by atoms with van der Waals surface area (Å²) in [5.41, 5.74) is 2.03. The van der Waals surface area contributed by atoms with Crippen LogP contribution in [-0.2, 0) is 11.2 Å². The van der Waals surface area contributed by atoms with Gasteiger partial charge in [0.2, 0.25) is 5.91 Å². The number of carbonyl (C=O) groups is 1. The van der Waals surface area contributed by atoms with E-state index in [-0.39, 0.29) is 12.5 Å². The Labute approximate surface area is 90.1 Å². The fourth-order valence-corrected chi connectivity index (χ4v) is 1.33. The molecule has 3 nitrogen and oxygen atoms in total. The molecular weight excluding hydrogens is 190 g/mol. The van der Waals surface area contributed by atoms with Gasteiger partial charge in [-0.25, -0.2) is 0 Å². The molecule has 0 bridgehead atoms. The third-order valence-electron chi connectivity index (χ3n) is 2.18. The van der Waals surface area contributed by atoms with Crippen molar-refractivity contribution in [2.45, 2.75) is 26.2 Å². The second-order valence-corrected chi connectivity index (χ2v) is 3.43. The minimum atomic E-state index is -0.0442. The molecule has 1 amide bonds. The SMILES string of the molecule is CCc1cccc(NC(=O)CCCO)c1. The van der Waals surface area contributed by atoms with Gasteiger partial charge in [0.25, 0.3) is 0 Å². The van der Waals surface area contributed by atoms with Gasteiger partial charge in [-0.15, -0.1) is 0 Å². The van der Waals surface area contributed by atoms with Crippen LogP contribution in [0.2, 0.25) is 0 Å². The third kappa shape index (κ3) is 4.13. The summed E-state index contributed by atoms with van der Waals surface area (Å²) in [5, 5.41) is 11.4. The molecule has 3 heteroatoms. The lowest BCUT2D eigenvalue weighted by Gasteiger charge is -2.05. The number of hydrogen-bond acceptors (Lipinski definition) is 2. The summed E-state index contributed by atoms with van der Waals surface area (Å²) in [6, 6.07) is 7.80. The van der Waals surface area contributed by atoms with Crippen LogP contribution in [0.3, 0.4) is 0 Å². The molecule has 1 aromatic rings. The quantitative estimate of drug-likeness (QED) is 0.775. The first-order valence-corrected chi connectivity index (χ1v) is 5.26. The predicted octanol–water partition coefficient (Wildman–Crippen LogP) is 1.96. The molecule has 0 aliphatic rings. The number of aryl methyl sites for hydroxylation is 1. The maximum atomic E-state index is 11.3. The molecule has 2 N–H and O–H groups in total. The molecule has 1 rings (SSSR count). The summed E-state index contributed by atoms with van der Waals surface area (Å²) in [5.74, 6) is -0.0442. The first-order chi connectivity index (χ1) is 7.26. The summed E-state index contributed by atoms with van der Waals surface area (Å²) in [6.45, 7) is 2.13. The van der Waals surface area contributed by atoms with Crippen molar-refractivity contribution in [3.63, 3.8) is 0 Å². The largest absolute Gasteiger partial charge is 0.396 e. The molecule has 0 aliphatic heterocycles. The molecule has 1 aromatic carbocycles. The van der Waals surface area contributed by atoms with Gasteiger partial charge in [-0.3, -0.25) is 4.79 Å². The van der Waals surface area contributed by atoms with E-state index in [0.29, 0.717) is 12.8 Å². The molecule has 0 aromatic heterocycles. The van der Waals surface area contributed by atoms with Crippen molar-refractivity contribution in [1.82, 2.24) is 0 Å². The highest BCUT2D eigenvalue weighted by atomic mass is 16.3. The maximum Gasteiger partial charge on any atom is 0.224 e. The molecule has 0 heterocycles. The zero-order valence-electron chi connectivity index (χ0n) is 8.99. The topological polar surface area (TPSA) is 49.3 Å². The van der Waals surface area contributed by atoms with Gasteiger partial charge < -0.3 is 10.4 Å². The lowest BCUT2D eigenvalue weighted by atomic mass is 10.1. The van der Waals surface area contributed by atoms with E-state index in [2.05, 4.69) is 12.2 Å². The summed E-state index contributed by atoms with van der Waals surface area (Å²) < 4.78 is 0. The first kappa shape index (κ1) is 11.7. The lowest BCUT2D eigenvalue weighted by Crippen LogP contribution is -2.11. The van der Waals surface area contributed by atoms with Gasteiger partial charge in [-0.05, 0) is 30.5 Å². The summed E-state index contributed by atoms with van der Waals surface area (Å²) in [7, 11) is 0. The molecular formula is C12H17NO2. The molecule has 0 saturated heterocycles. The Morgan fingerprint density at radius 1 is 1.47 bits per heavy atom. The number of carbonyl (C=O) groups excluding carboxylic acids is 1. The Morgan fingerprint density at radius 3 is 2.93 bits per heavy atom.